The number of aryl methyl sites for hydroxylation is 1. The Hall–Kier alpha value is -2.43. The number of hydrazone groups is 1. The highest BCUT2D eigenvalue weighted by atomic mass is 19.1. The van der Waals surface area contributed by atoms with E-state index >= 15 is 0 Å². The van der Waals surface area contributed by atoms with Crippen molar-refractivity contribution < 1.29 is 9.18 Å². The van der Waals surface area contributed by atoms with E-state index in [1.54, 1.807) is 24.4 Å². The third-order valence-corrected chi connectivity index (χ3v) is 2.99. The van der Waals surface area contributed by atoms with Gasteiger partial charge in [-0.15, -0.1) is 0 Å². The van der Waals surface area contributed by atoms with Crippen LogP contribution in [0.2, 0.25) is 0 Å². The number of nitrogens with one attached hydrogen (secondary N) is 1. The maximum Gasteiger partial charge on any atom is 0.236 e. The molecule has 20 heavy (non-hydrogen) atoms. The number of rotatable bonds is 3. The van der Waals surface area contributed by atoms with Gasteiger partial charge in [0.1, 0.15) is 5.82 Å². The maximum absolute atomic E-state index is 13.9. The summed E-state index contributed by atoms with van der Waals surface area (Å²) in [5, 5.41) is 3.84. The molecule has 2 rings (SSSR count). The molecule has 1 aromatic heterocycles. The fourth-order valence-electron chi connectivity index (χ4n) is 2.11. The van der Waals surface area contributed by atoms with Gasteiger partial charge in [-0.1, -0.05) is 12.1 Å². The van der Waals surface area contributed by atoms with Crippen LogP contribution in [0.25, 0.3) is 5.69 Å². The maximum atomic E-state index is 13.9. The molecule has 0 unspecified atom stereocenters. The molecule has 1 N–H and O–H groups in total. The summed E-state index contributed by atoms with van der Waals surface area (Å²) in [5.74, 6) is -0.510. The molecule has 0 spiro atoms. The highest BCUT2D eigenvalue weighted by Gasteiger charge is 2.12. The molecular formula is C15H16FN3O. The smallest absolute Gasteiger partial charge is 0.236 e. The van der Waals surface area contributed by atoms with Gasteiger partial charge in [-0.25, -0.2) is 9.82 Å². The van der Waals surface area contributed by atoms with Crippen molar-refractivity contribution >= 4 is 12.1 Å². The van der Waals surface area contributed by atoms with Gasteiger partial charge in [0.2, 0.25) is 5.91 Å². The predicted octanol–water partition coefficient (Wildman–Crippen LogP) is 2.70. The van der Waals surface area contributed by atoms with Crippen LogP contribution in [0.4, 0.5) is 4.39 Å². The molecule has 0 radical (unpaired) electrons. The lowest BCUT2D eigenvalue weighted by Crippen LogP contribution is -2.12. The lowest BCUT2D eigenvalue weighted by molar-refractivity contribution is -0.118. The SMILES string of the molecule is CC(=O)NN=Cc1cc(C)n(-c2ccccc2F)c1C. The van der Waals surface area contributed by atoms with Crippen LogP contribution in [-0.2, 0) is 4.79 Å². The molecule has 0 saturated carbocycles. The van der Waals surface area contributed by atoms with Crippen LogP contribution in [0.5, 0.6) is 0 Å². The van der Waals surface area contributed by atoms with Gasteiger partial charge in [0, 0.05) is 23.9 Å². The monoisotopic (exact) mass is 273 g/mol. The summed E-state index contributed by atoms with van der Waals surface area (Å²) >= 11 is 0. The molecule has 2 aromatic rings. The molecule has 4 nitrogen and oxygen atoms in total. The van der Waals surface area contributed by atoms with E-state index < -0.39 is 0 Å². The van der Waals surface area contributed by atoms with Crippen molar-refractivity contribution in [3.05, 3.63) is 53.1 Å². The Labute approximate surface area is 116 Å². The molecule has 0 aliphatic rings. The number of amides is 1. The van der Waals surface area contributed by atoms with Gasteiger partial charge < -0.3 is 4.57 Å². The van der Waals surface area contributed by atoms with Gasteiger partial charge in [-0.05, 0) is 32.0 Å². The molecule has 0 bridgehead atoms. The van der Waals surface area contributed by atoms with Gasteiger partial charge in [0.05, 0.1) is 11.9 Å². The van der Waals surface area contributed by atoms with E-state index in [0.29, 0.717) is 5.69 Å². The third-order valence-electron chi connectivity index (χ3n) is 2.99. The fraction of sp³-hybridized carbons (Fsp3) is 0.200. The zero-order valence-corrected chi connectivity index (χ0v) is 11.6. The van der Waals surface area contributed by atoms with E-state index in [9.17, 15) is 9.18 Å². The highest BCUT2D eigenvalue weighted by Crippen LogP contribution is 2.21. The first kappa shape index (κ1) is 14.0. The number of halogens is 1. The Balaban J connectivity index is 2.42. The van der Waals surface area contributed by atoms with Gasteiger partial charge in [0.15, 0.2) is 0 Å². The molecule has 1 aromatic carbocycles. The van der Waals surface area contributed by atoms with Crippen LogP contribution in [-0.4, -0.2) is 16.7 Å². The fourth-order valence-corrected chi connectivity index (χ4v) is 2.11. The first-order chi connectivity index (χ1) is 9.50. The first-order valence-corrected chi connectivity index (χ1v) is 6.24. The summed E-state index contributed by atoms with van der Waals surface area (Å²) in [6, 6.07) is 8.50. The average Bonchev–Trinajstić information content (AvgIpc) is 2.65. The van der Waals surface area contributed by atoms with Crippen LogP contribution < -0.4 is 5.43 Å². The Morgan fingerprint density at radius 1 is 1.35 bits per heavy atom. The molecule has 1 heterocycles. The van der Waals surface area contributed by atoms with Crippen molar-refractivity contribution in [1.82, 2.24) is 9.99 Å². The second-order valence-electron chi connectivity index (χ2n) is 4.54. The summed E-state index contributed by atoms with van der Waals surface area (Å²) < 4.78 is 15.7. The summed E-state index contributed by atoms with van der Waals surface area (Å²) in [6.07, 6.45) is 1.56. The minimum absolute atomic E-state index is 0.232. The van der Waals surface area contributed by atoms with Crippen LogP contribution in [0.1, 0.15) is 23.9 Å². The topological polar surface area (TPSA) is 46.4 Å². The largest absolute Gasteiger partial charge is 0.315 e. The van der Waals surface area contributed by atoms with Gasteiger partial charge in [0.25, 0.3) is 0 Å². The van der Waals surface area contributed by atoms with Crippen molar-refractivity contribution in [2.45, 2.75) is 20.8 Å². The molecule has 0 fully saturated rings. The van der Waals surface area contributed by atoms with E-state index in [-0.39, 0.29) is 11.7 Å². The number of nitrogens with zero attached hydrogens (tertiary/aromatic N) is 2. The van der Waals surface area contributed by atoms with Crippen molar-refractivity contribution in [2.24, 2.45) is 5.10 Å². The number of carbonyl (C=O) groups is 1. The van der Waals surface area contributed by atoms with E-state index in [1.807, 2.05) is 24.5 Å². The Kier molecular flexibility index (Phi) is 3.98. The number of aromatic nitrogens is 1. The normalized spacial score (nSPS) is 11.0. The molecule has 1 amide bonds. The van der Waals surface area contributed by atoms with E-state index in [0.717, 1.165) is 17.0 Å². The average molecular weight is 273 g/mol. The molecular weight excluding hydrogens is 257 g/mol. The Bertz CT molecular complexity index is 674. The molecule has 0 aliphatic heterocycles. The first-order valence-electron chi connectivity index (χ1n) is 6.24. The minimum Gasteiger partial charge on any atom is -0.315 e. The van der Waals surface area contributed by atoms with Crippen molar-refractivity contribution in [1.29, 1.82) is 0 Å². The highest BCUT2D eigenvalue weighted by molar-refractivity contribution is 5.83. The van der Waals surface area contributed by atoms with Crippen LogP contribution in [0.3, 0.4) is 0 Å². The van der Waals surface area contributed by atoms with E-state index in [2.05, 4.69) is 10.5 Å². The predicted molar refractivity (Wildman–Crippen MR) is 76.6 cm³/mol. The van der Waals surface area contributed by atoms with E-state index in [1.165, 1.54) is 13.0 Å². The molecule has 0 aliphatic carbocycles. The third kappa shape index (κ3) is 2.77. The van der Waals surface area contributed by atoms with Gasteiger partial charge >= 0.3 is 0 Å². The summed E-state index contributed by atoms with van der Waals surface area (Å²) in [4.78, 5) is 10.8. The quantitative estimate of drug-likeness (QED) is 0.678. The van der Waals surface area contributed by atoms with Crippen LogP contribution in [0, 0.1) is 19.7 Å². The minimum atomic E-state index is -0.278. The second kappa shape index (κ2) is 5.69. The lowest BCUT2D eigenvalue weighted by atomic mass is 10.2. The zero-order chi connectivity index (χ0) is 14.7. The van der Waals surface area contributed by atoms with Crippen molar-refractivity contribution in [3.8, 4) is 5.69 Å². The number of hydrogen-bond donors (Lipinski definition) is 1. The number of carbonyl (C=O) groups excluding carboxylic acids is 1. The zero-order valence-electron chi connectivity index (χ0n) is 11.6. The van der Waals surface area contributed by atoms with Crippen LogP contribution >= 0.6 is 0 Å². The van der Waals surface area contributed by atoms with Crippen LogP contribution in [0.15, 0.2) is 35.4 Å². The standard InChI is InChI=1S/C15H16FN3O/c1-10-8-13(9-17-18-12(3)20)11(2)19(10)15-7-5-4-6-14(15)16/h4-9H,1-3H3,(H,18,20). The van der Waals surface area contributed by atoms with E-state index in [4.69, 9.17) is 0 Å². The number of benzene rings is 1. The lowest BCUT2D eigenvalue weighted by Gasteiger charge is -2.10. The number of para-hydroxylation sites is 1. The molecule has 0 atom stereocenters. The summed E-state index contributed by atoms with van der Waals surface area (Å²) in [6.45, 7) is 5.17. The number of hydrogen-bond acceptors (Lipinski definition) is 2. The summed E-state index contributed by atoms with van der Waals surface area (Å²) in [7, 11) is 0. The summed E-state index contributed by atoms with van der Waals surface area (Å²) in [5.41, 5.74) is 5.45. The van der Waals surface area contributed by atoms with Crippen molar-refractivity contribution in [2.75, 3.05) is 0 Å². The van der Waals surface area contributed by atoms with Crippen molar-refractivity contribution in [3.63, 3.8) is 0 Å². The van der Waals surface area contributed by atoms with Gasteiger partial charge in [-0.3, -0.25) is 4.79 Å². The Morgan fingerprint density at radius 3 is 2.70 bits per heavy atom. The Morgan fingerprint density at radius 2 is 2.05 bits per heavy atom. The van der Waals surface area contributed by atoms with Gasteiger partial charge in [-0.2, -0.15) is 5.10 Å². The molecule has 104 valence electrons. The molecule has 5 heteroatoms. The molecule has 0 saturated heterocycles. The second-order valence-corrected chi connectivity index (χ2v) is 4.54.